The van der Waals surface area contributed by atoms with E-state index in [1.807, 2.05) is 0 Å². The van der Waals surface area contributed by atoms with Gasteiger partial charge in [-0.2, -0.15) is 0 Å². The van der Waals surface area contributed by atoms with E-state index >= 15 is 0 Å². The van der Waals surface area contributed by atoms with Gasteiger partial charge >= 0.3 is 0 Å². The molecule has 0 aromatic rings. The molecule has 2 aliphatic rings. The molecule has 0 heterocycles. The van der Waals surface area contributed by atoms with E-state index in [9.17, 15) is 0 Å². The van der Waals surface area contributed by atoms with Crippen LogP contribution in [-0.4, -0.2) is 0 Å². The Balaban J connectivity index is 1.55. The second-order valence-corrected chi connectivity index (χ2v) is 7.88. The highest BCUT2D eigenvalue weighted by atomic mass is 14.3. The van der Waals surface area contributed by atoms with Gasteiger partial charge in [0.05, 0.1) is 0 Å². The number of allylic oxidation sites excluding steroid dienone is 4. The Morgan fingerprint density at radius 3 is 1.82 bits per heavy atom. The molecular formula is C22H38. The van der Waals surface area contributed by atoms with E-state index in [1.54, 1.807) is 0 Å². The molecular weight excluding hydrogens is 264 g/mol. The average Bonchev–Trinajstić information content (AvgIpc) is 2.55. The van der Waals surface area contributed by atoms with Crippen LogP contribution in [0, 0.1) is 23.7 Å². The van der Waals surface area contributed by atoms with Gasteiger partial charge in [-0.3, -0.25) is 0 Å². The monoisotopic (exact) mass is 302 g/mol. The molecule has 22 heavy (non-hydrogen) atoms. The summed E-state index contributed by atoms with van der Waals surface area (Å²) in [5.74, 6) is 3.84. The zero-order chi connectivity index (χ0) is 15.6. The van der Waals surface area contributed by atoms with Gasteiger partial charge in [0, 0.05) is 0 Å². The van der Waals surface area contributed by atoms with Gasteiger partial charge in [-0.15, -0.1) is 0 Å². The molecule has 2 aliphatic carbocycles. The van der Waals surface area contributed by atoms with Gasteiger partial charge in [0.1, 0.15) is 0 Å². The van der Waals surface area contributed by atoms with E-state index in [4.69, 9.17) is 0 Å². The van der Waals surface area contributed by atoms with Gasteiger partial charge in [-0.1, -0.05) is 44.1 Å². The van der Waals surface area contributed by atoms with E-state index < -0.39 is 0 Å². The molecule has 0 spiro atoms. The highest BCUT2D eigenvalue weighted by molar-refractivity contribution is 4.92. The lowest BCUT2D eigenvalue weighted by Crippen LogP contribution is -2.13. The zero-order valence-corrected chi connectivity index (χ0v) is 15.1. The summed E-state index contributed by atoms with van der Waals surface area (Å²) in [5.41, 5.74) is 0. The van der Waals surface area contributed by atoms with Crippen LogP contribution in [0.1, 0.15) is 90.9 Å². The van der Waals surface area contributed by atoms with Crippen LogP contribution in [0.25, 0.3) is 0 Å². The maximum atomic E-state index is 2.56. The molecule has 0 aliphatic heterocycles. The van der Waals surface area contributed by atoms with Gasteiger partial charge in [-0.25, -0.2) is 0 Å². The maximum absolute atomic E-state index is 2.56. The van der Waals surface area contributed by atoms with Gasteiger partial charge in [0.2, 0.25) is 0 Å². The second-order valence-electron chi connectivity index (χ2n) is 7.88. The lowest BCUT2D eigenvalue weighted by atomic mass is 9.79. The van der Waals surface area contributed by atoms with Crippen molar-refractivity contribution in [3.05, 3.63) is 24.3 Å². The Labute approximate surface area is 139 Å². The van der Waals surface area contributed by atoms with Crippen LogP contribution < -0.4 is 0 Å². The van der Waals surface area contributed by atoms with Crippen LogP contribution in [0.2, 0.25) is 0 Å². The topological polar surface area (TPSA) is 0 Å². The van der Waals surface area contributed by atoms with Gasteiger partial charge in [-0.05, 0) is 94.8 Å². The summed E-state index contributed by atoms with van der Waals surface area (Å²) in [6.07, 6.45) is 27.0. The Morgan fingerprint density at radius 1 is 0.727 bits per heavy atom. The van der Waals surface area contributed by atoms with Crippen molar-refractivity contribution in [2.24, 2.45) is 23.7 Å². The first kappa shape index (κ1) is 17.8. The lowest BCUT2D eigenvalue weighted by molar-refractivity contribution is 0.291. The highest BCUT2D eigenvalue weighted by Crippen LogP contribution is 2.34. The fourth-order valence-electron chi connectivity index (χ4n) is 4.64. The zero-order valence-electron chi connectivity index (χ0n) is 15.1. The highest BCUT2D eigenvalue weighted by Gasteiger charge is 2.19. The van der Waals surface area contributed by atoms with Gasteiger partial charge in [0.25, 0.3) is 0 Å². The molecule has 0 N–H and O–H groups in total. The SMILES string of the molecule is C/C=C/[C@H]1CC[C@H](CC/C=C/[C@H]2CC[C@H](CCC)CC2)CC1. The number of hydrogen-bond donors (Lipinski definition) is 0. The van der Waals surface area contributed by atoms with Crippen molar-refractivity contribution in [3.8, 4) is 0 Å². The molecule has 0 amide bonds. The summed E-state index contributed by atoms with van der Waals surface area (Å²) in [6, 6.07) is 0. The second kappa shape index (κ2) is 10.3. The van der Waals surface area contributed by atoms with Crippen LogP contribution in [0.3, 0.4) is 0 Å². The fraction of sp³-hybridized carbons (Fsp3) is 0.818. The van der Waals surface area contributed by atoms with Crippen LogP contribution in [0.15, 0.2) is 24.3 Å². The predicted octanol–water partition coefficient (Wildman–Crippen LogP) is 7.31. The van der Waals surface area contributed by atoms with E-state index in [0.29, 0.717) is 0 Å². The largest absolute Gasteiger partial charge is 0.0914 e. The number of rotatable bonds is 7. The van der Waals surface area contributed by atoms with Crippen molar-refractivity contribution in [3.63, 3.8) is 0 Å². The molecule has 0 nitrogen and oxygen atoms in total. The minimum Gasteiger partial charge on any atom is -0.0914 e. The maximum Gasteiger partial charge on any atom is -0.0233 e. The summed E-state index contributed by atoms with van der Waals surface area (Å²) < 4.78 is 0. The minimum atomic E-state index is 0.884. The fourth-order valence-corrected chi connectivity index (χ4v) is 4.64. The standard InChI is InChI=1S/C22H38/c1-3-7-19-11-15-21(16-12-19)9-5-6-10-22-17-13-20(8-4-2)14-18-22/h3,6-7,10,19-22H,4-5,8-9,11-18H2,1-2H3/b7-3+,10-6+/t19-,20-,21-,22-. The third-order valence-corrected chi connectivity index (χ3v) is 6.09. The molecule has 2 fully saturated rings. The van der Waals surface area contributed by atoms with E-state index in [0.717, 1.165) is 23.7 Å². The summed E-state index contributed by atoms with van der Waals surface area (Å²) in [5, 5.41) is 0. The molecule has 0 radical (unpaired) electrons. The molecule has 0 aromatic carbocycles. The predicted molar refractivity (Wildman–Crippen MR) is 99.0 cm³/mol. The molecule has 0 unspecified atom stereocenters. The summed E-state index contributed by atoms with van der Waals surface area (Å²) in [4.78, 5) is 0. The Kier molecular flexibility index (Phi) is 8.34. The minimum absolute atomic E-state index is 0.884. The Hall–Kier alpha value is -0.520. The first-order chi connectivity index (χ1) is 10.8. The Bertz CT molecular complexity index is 322. The number of hydrogen-bond acceptors (Lipinski definition) is 0. The van der Waals surface area contributed by atoms with E-state index in [2.05, 4.69) is 38.2 Å². The van der Waals surface area contributed by atoms with Crippen LogP contribution in [-0.2, 0) is 0 Å². The molecule has 126 valence electrons. The van der Waals surface area contributed by atoms with Crippen molar-refractivity contribution >= 4 is 0 Å². The molecule has 2 saturated carbocycles. The third-order valence-electron chi connectivity index (χ3n) is 6.09. The Morgan fingerprint density at radius 2 is 1.27 bits per heavy atom. The smallest absolute Gasteiger partial charge is 0.0233 e. The normalized spacial score (nSPS) is 33.7. The van der Waals surface area contributed by atoms with Crippen molar-refractivity contribution in [2.45, 2.75) is 90.9 Å². The van der Waals surface area contributed by atoms with E-state index in [-0.39, 0.29) is 0 Å². The van der Waals surface area contributed by atoms with Crippen LogP contribution in [0.4, 0.5) is 0 Å². The molecule has 0 saturated heterocycles. The summed E-state index contributed by atoms with van der Waals surface area (Å²) >= 11 is 0. The molecule has 2 rings (SSSR count). The van der Waals surface area contributed by atoms with Crippen molar-refractivity contribution in [2.75, 3.05) is 0 Å². The molecule has 0 bridgehead atoms. The first-order valence-corrected chi connectivity index (χ1v) is 10.1. The molecule has 0 atom stereocenters. The average molecular weight is 303 g/mol. The van der Waals surface area contributed by atoms with Crippen molar-refractivity contribution < 1.29 is 0 Å². The van der Waals surface area contributed by atoms with Crippen LogP contribution >= 0.6 is 0 Å². The molecule has 0 heteroatoms. The van der Waals surface area contributed by atoms with Crippen LogP contribution in [0.5, 0.6) is 0 Å². The molecule has 0 aromatic heterocycles. The van der Waals surface area contributed by atoms with Crippen molar-refractivity contribution in [1.29, 1.82) is 0 Å². The summed E-state index contributed by atoms with van der Waals surface area (Å²) in [6.45, 7) is 4.49. The van der Waals surface area contributed by atoms with Gasteiger partial charge in [0.15, 0.2) is 0 Å². The quantitative estimate of drug-likeness (QED) is 0.432. The van der Waals surface area contributed by atoms with Crippen molar-refractivity contribution in [1.82, 2.24) is 0 Å². The van der Waals surface area contributed by atoms with Gasteiger partial charge < -0.3 is 0 Å². The summed E-state index contributed by atoms with van der Waals surface area (Å²) in [7, 11) is 0. The third kappa shape index (κ3) is 6.31. The first-order valence-electron chi connectivity index (χ1n) is 10.1. The van der Waals surface area contributed by atoms with E-state index in [1.165, 1.54) is 77.0 Å². The lowest BCUT2D eigenvalue weighted by Gasteiger charge is -2.27.